The van der Waals surface area contributed by atoms with Gasteiger partial charge in [-0.05, 0) is 43.2 Å². The molecule has 0 atom stereocenters. The molecule has 5 heteroatoms. The fourth-order valence-electron chi connectivity index (χ4n) is 3.47. The first kappa shape index (κ1) is 17.5. The van der Waals surface area contributed by atoms with Crippen molar-refractivity contribution in [2.45, 2.75) is 39.4 Å². The van der Waals surface area contributed by atoms with E-state index in [1.54, 1.807) is 7.11 Å². The molecule has 0 aliphatic carbocycles. The SMILES string of the molecule is COc1cccc(CN2CCc3c(cc(C(=O)NC(C)C)n3C)C2)c1. The summed E-state index contributed by atoms with van der Waals surface area (Å²) >= 11 is 0. The van der Waals surface area contributed by atoms with Crippen molar-refractivity contribution in [1.82, 2.24) is 14.8 Å². The summed E-state index contributed by atoms with van der Waals surface area (Å²) in [5.41, 5.74) is 4.53. The number of hydrogen-bond acceptors (Lipinski definition) is 3. The number of carbonyl (C=O) groups excluding carboxylic acids is 1. The minimum absolute atomic E-state index is 0.00578. The zero-order valence-electron chi connectivity index (χ0n) is 15.5. The van der Waals surface area contributed by atoms with Crippen molar-refractivity contribution in [2.24, 2.45) is 7.05 Å². The summed E-state index contributed by atoms with van der Waals surface area (Å²) in [5, 5.41) is 2.99. The molecule has 0 radical (unpaired) electrons. The summed E-state index contributed by atoms with van der Waals surface area (Å²) in [7, 11) is 3.69. The number of benzene rings is 1. The monoisotopic (exact) mass is 341 g/mol. The Morgan fingerprint density at radius 1 is 1.32 bits per heavy atom. The van der Waals surface area contributed by atoms with Gasteiger partial charge in [0.15, 0.2) is 0 Å². The highest BCUT2D eigenvalue weighted by atomic mass is 16.5. The molecule has 0 saturated heterocycles. The second kappa shape index (κ2) is 7.31. The highest BCUT2D eigenvalue weighted by molar-refractivity contribution is 5.93. The molecule has 0 saturated carbocycles. The van der Waals surface area contributed by atoms with Crippen LogP contribution in [0.1, 0.15) is 41.2 Å². The van der Waals surface area contributed by atoms with Crippen molar-refractivity contribution in [2.75, 3.05) is 13.7 Å². The van der Waals surface area contributed by atoms with Crippen LogP contribution in [0.3, 0.4) is 0 Å². The lowest BCUT2D eigenvalue weighted by Gasteiger charge is -2.27. The van der Waals surface area contributed by atoms with E-state index in [1.165, 1.54) is 16.8 Å². The Labute approximate surface area is 149 Å². The number of methoxy groups -OCH3 is 1. The van der Waals surface area contributed by atoms with Crippen LogP contribution in [0, 0.1) is 0 Å². The summed E-state index contributed by atoms with van der Waals surface area (Å²) in [5.74, 6) is 0.897. The Morgan fingerprint density at radius 2 is 2.12 bits per heavy atom. The standard InChI is InChI=1S/C20H27N3O2/c1-14(2)21-20(24)19-11-16-13-23(9-8-18(16)22(19)3)12-15-6-5-7-17(10-15)25-4/h5-7,10-11,14H,8-9,12-13H2,1-4H3,(H,21,24). The van der Waals surface area contributed by atoms with E-state index in [0.29, 0.717) is 0 Å². The number of rotatable bonds is 5. The highest BCUT2D eigenvalue weighted by Gasteiger charge is 2.23. The molecular formula is C20H27N3O2. The van der Waals surface area contributed by atoms with Crippen LogP contribution in [0.15, 0.2) is 30.3 Å². The maximum Gasteiger partial charge on any atom is 0.268 e. The fourth-order valence-corrected chi connectivity index (χ4v) is 3.47. The third-order valence-electron chi connectivity index (χ3n) is 4.70. The van der Waals surface area contributed by atoms with E-state index in [0.717, 1.165) is 37.5 Å². The molecule has 5 nitrogen and oxygen atoms in total. The first-order valence-corrected chi connectivity index (χ1v) is 8.81. The molecule has 1 N–H and O–H groups in total. The normalized spacial score (nSPS) is 14.4. The maximum atomic E-state index is 12.4. The number of hydrogen-bond donors (Lipinski definition) is 1. The number of fused-ring (bicyclic) bond motifs is 1. The molecule has 1 aromatic carbocycles. The van der Waals surface area contributed by atoms with Crippen LogP contribution >= 0.6 is 0 Å². The second-order valence-electron chi connectivity index (χ2n) is 7.00. The van der Waals surface area contributed by atoms with Crippen molar-refractivity contribution in [3.05, 3.63) is 52.8 Å². The zero-order valence-corrected chi connectivity index (χ0v) is 15.5. The van der Waals surface area contributed by atoms with Crippen molar-refractivity contribution in [1.29, 1.82) is 0 Å². The molecule has 2 heterocycles. The Bertz CT molecular complexity index is 764. The average molecular weight is 341 g/mol. The molecule has 25 heavy (non-hydrogen) atoms. The first-order valence-electron chi connectivity index (χ1n) is 8.81. The van der Waals surface area contributed by atoms with Gasteiger partial charge in [0.1, 0.15) is 11.4 Å². The summed E-state index contributed by atoms with van der Waals surface area (Å²) in [6.45, 7) is 6.72. The Hall–Kier alpha value is -2.27. The van der Waals surface area contributed by atoms with Crippen molar-refractivity contribution in [3.8, 4) is 5.75 Å². The first-order chi connectivity index (χ1) is 12.0. The lowest BCUT2D eigenvalue weighted by molar-refractivity contribution is 0.0934. The number of nitrogens with one attached hydrogen (secondary N) is 1. The minimum Gasteiger partial charge on any atom is -0.497 e. The Balaban J connectivity index is 1.74. The molecule has 0 fully saturated rings. The van der Waals surface area contributed by atoms with Gasteiger partial charge in [0.25, 0.3) is 5.91 Å². The fraction of sp³-hybridized carbons (Fsp3) is 0.450. The Kier molecular flexibility index (Phi) is 5.13. The van der Waals surface area contributed by atoms with E-state index in [4.69, 9.17) is 4.74 Å². The molecule has 1 aliphatic rings. The third kappa shape index (κ3) is 3.87. The molecular weight excluding hydrogens is 314 g/mol. The number of aromatic nitrogens is 1. The van der Waals surface area contributed by atoms with E-state index < -0.39 is 0 Å². The second-order valence-corrected chi connectivity index (χ2v) is 7.00. The zero-order chi connectivity index (χ0) is 18.0. The lowest BCUT2D eigenvalue weighted by atomic mass is 10.1. The van der Waals surface area contributed by atoms with Crippen molar-refractivity contribution >= 4 is 5.91 Å². The number of amides is 1. The molecule has 0 bridgehead atoms. The van der Waals surface area contributed by atoms with Crippen LogP contribution in [-0.2, 0) is 26.6 Å². The van der Waals surface area contributed by atoms with Gasteiger partial charge in [-0.2, -0.15) is 0 Å². The van der Waals surface area contributed by atoms with E-state index >= 15 is 0 Å². The van der Waals surface area contributed by atoms with Gasteiger partial charge in [0.2, 0.25) is 0 Å². The molecule has 2 aromatic rings. The van der Waals surface area contributed by atoms with Gasteiger partial charge in [0, 0.05) is 44.8 Å². The number of ether oxygens (including phenoxy) is 1. The largest absolute Gasteiger partial charge is 0.497 e. The summed E-state index contributed by atoms with van der Waals surface area (Å²) in [6, 6.07) is 10.4. The molecule has 3 rings (SSSR count). The van der Waals surface area contributed by atoms with Crippen molar-refractivity contribution < 1.29 is 9.53 Å². The van der Waals surface area contributed by atoms with Gasteiger partial charge in [0.05, 0.1) is 7.11 Å². The van der Waals surface area contributed by atoms with Crippen LogP contribution in [0.25, 0.3) is 0 Å². The molecule has 0 unspecified atom stereocenters. The van der Waals surface area contributed by atoms with Crippen LogP contribution in [0.5, 0.6) is 5.75 Å². The van der Waals surface area contributed by atoms with Gasteiger partial charge in [-0.1, -0.05) is 12.1 Å². The number of nitrogens with zero attached hydrogens (tertiary/aromatic N) is 2. The van der Waals surface area contributed by atoms with E-state index in [-0.39, 0.29) is 11.9 Å². The molecule has 0 spiro atoms. The maximum absolute atomic E-state index is 12.4. The van der Waals surface area contributed by atoms with E-state index in [1.807, 2.05) is 39.1 Å². The molecule has 134 valence electrons. The smallest absolute Gasteiger partial charge is 0.268 e. The number of carbonyl (C=O) groups is 1. The van der Waals surface area contributed by atoms with Gasteiger partial charge in [-0.25, -0.2) is 0 Å². The van der Waals surface area contributed by atoms with Gasteiger partial charge < -0.3 is 14.6 Å². The Morgan fingerprint density at radius 3 is 2.84 bits per heavy atom. The van der Waals surface area contributed by atoms with Crippen LogP contribution < -0.4 is 10.1 Å². The summed E-state index contributed by atoms with van der Waals surface area (Å²) < 4.78 is 7.36. The minimum atomic E-state index is 0.00578. The summed E-state index contributed by atoms with van der Waals surface area (Å²) in [4.78, 5) is 14.8. The van der Waals surface area contributed by atoms with Gasteiger partial charge in [-0.3, -0.25) is 9.69 Å². The predicted octanol–water partition coefficient (Wildman–Crippen LogP) is 2.73. The highest BCUT2D eigenvalue weighted by Crippen LogP contribution is 2.24. The average Bonchev–Trinajstić information content (AvgIpc) is 2.91. The molecule has 1 aromatic heterocycles. The lowest BCUT2D eigenvalue weighted by Crippen LogP contribution is -2.32. The van der Waals surface area contributed by atoms with Gasteiger partial charge >= 0.3 is 0 Å². The van der Waals surface area contributed by atoms with E-state index in [2.05, 4.69) is 26.9 Å². The van der Waals surface area contributed by atoms with Crippen LogP contribution in [-0.4, -0.2) is 35.1 Å². The van der Waals surface area contributed by atoms with Gasteiger partial charge in [-0.15, -0.1) is 0 Å². The van der Waals surface area contributed by atoms with Crippen molar-refractivity contribution in [3.63, 3.8) is 0 Å². The summed E-state index contributed by atoms with van der Waals surface area (Å²) in [6.07, 6.45) is 0.963. The quantitative estimate of drug-likeness (QED) is 0.910. The predicted molar refractivity (Wildman–Crippen MR) is 98.8 cm³/mol. The van der Waals surface area contributed by atoms with E-state index in [9.17, 15) is 4.79 Å². The van der Waals surface area contributed by atoms with Crippen LogP contribution in [0.4, 0.5) is 0 Å². The molecule has 1 aliphatic heterocycles. The molecule has 1 amide bonds. The van der Waals surface area contributed by atoms with Crippen LogP contribution in [0.2, 0.25) is 0 Å². The topological polar surface area (TPSA) is 46.5 Å². The third-order valence-corrected chi connectivity index (χ3v) is 4.70.